The van der Waals surface area contributed by atoms with Crippen LogP contribution in [0.2, 0.25) is 0 Å². The molecule has 0 N–H and O–H groups in total. The second-order valence-electron chi connectivity index (χ2n) is 19.8. The molecule has 63 heavy (non-hydrogen) atoms. The van der Waals surface area contributed by atoms with Crippen molar-refractivity contribution < 1.29 is 9.47 Å². The Kier molecular flexibility index (Phi) is 10.6. The first-order chi connectivity index (χ1) is 31.2. The number of nitrogens with zero attached hydrogens (tertiary/aromatic N) is 1. The molecule has 0 spiro atoms. The molecule has 0 bridgehead atoms. The Hall–Kier alpha value is -5.38. The molecule has 12 rings (SSSR count). The Labute approximate surface area is 375 Å². The van der Waals surface area contributed by atoms with E-state index in [0.717, 1.165) is 32.1 Å². The quantitative estimate of drug-likeness (QED) is 0.265. The van der Waals surface area contributed by atoms with Crippen molar-refractivity contribution in [2.75, 3.05) is 4.90 Å². The molecule has 3 fully saturated rings. The number of ether oxygens (including phenoxy) is 2. The molecule has 10 unspecified atom stereocenters. The second kappa shape index (κ2) is 17.0. The molecule has 0 radical (unpaired) electrons. The number of benzene rings is 2. The van der Waals surface area contributed by atoms with Crippen molar-refractivity contribution in [2.45, 2.75) is 94.4 Å². The van der Waals surface area contributed by atoms with E-state index in [1.165, 1.54) is 77.2 Å². The lowest BCUT2D eigenvalue weighted by Gasteiger charge is -2.36. The Morgan fingerprint density at radius 1 is 0.540 bits per heavy atom. The van der Waals surface area contributed by atoms with Gasteiger partial charge in [0.15, 0.2) is 0 Å². The molecule has 2 aromatic rings. The van der Waals surface area contributed by atoms with Gasteiger partial charge in [0, 0.05) is 52.6 Å². The van der Waals surface area contributed by atoms with Crippen LogP contribution in [-0.2, 0) is 9.47 Å². The van der Waals surface area contributed by atoms with Crippen LogP contribution < -0.4 is 4.90 Å². The number of hydrogen-bond donors (Lipinski definition) is 0. The van der Waals surface area contributed by atoms with Gasteiger partial charge in [-0.15, -0.1) is 0 Å². The van der Waals surface area contributed by atoms with Crippen molar-refractivity contribution in [3.63, 3.8) is 0 Å². The summed E-state index contributed by atoms with van der Waals surface area (Å²) in [7, 11) is 0. The van der Waals surface area contributed by atoms with Crippen molar-refractivity contribution in [3.8, 4) is 0 Å². The maximum atomic E-state index is 6.70. The standard InChI is InChI=1S/C60H61NO2/c1-2-10-40(11-3-1)43-28-34-48(35-29-43)61(49-36-30-44(31-37-49)41-20-24-46(25-21-41)51-14-8-16-55-53-12-4-6-18-57(53)62-59(51)55)50-38-32-45(33-39-50)42-22-26-47(27-23-42)52-15-9-17-56-54-13-5-7-19-58(54)63-60(52)56/h1-16,18-19,22-23,26,30-32,34,36-39,41,43,45-47,53-59H,17,20-21,24-25,27-29,33,35H2. The summed E-state index contributed by atoms with van der Waals surface area (Å²) in [5, 5.41) is 0. The zero-order valence-electron chi connectivity index (χ0n) is 36.5. The van der Waals surface area contributed by atoms with Crippen LogP contribution in [0.1, 0.15) is 87.2 Å². The lowest BCUT2D eigenvalue weighted by molar-refractivity contribution is 0.0721. The highest BCUT2D eigenvalue weighted by atomic mass is 16.5. The fourth-order valence-corrected chi connectivity index (χ4v) is 13.0. The lowest BCUT2D eigenvalue weighted by atomic mass is 9.71. The molecular weight excluding hydrogens is 767 g/mol. The minimum absolute atomic E-state index is 0.189. The number of rotatable bonds is 8. The van der Waals surface area contributed by atoms with E-state index in [4.69, 9.17) is 9.47 Å². The van der Waals surface area contributed by atoms with E-state index >= 15 is 0 Å². The topological polar surface area (TPSA) is 21.7 Å². The molecule has 2 aromatic carbocycles. The summed E-state index contributed by atoms with van der Waals surface area (Å²) in [6.07, 6.45) is 59.1. The molecule has 2 aliphatic heterocycles. The van der Waals surface area contributed by atoms with E-state index in [0.29, 0.717) is 53.3 Å². The highest BCUT2D eigenvalue weighted by molar-refractivity contribution is 5.62. The number of allylic oxidation sites excluding steroid dienone is 19. The Morgan fingerprint density at radius 2 is 1.29 bits per heavy atom. The van der Waals surface area contributed by atoms with Gasteiger partial charge in [0.25, 0.3) is 0 Å². The van der Waals surface area contributed by atoms with E-state index in [2.05, 4.69) is 181 Å². The molecule has 318 valence electrons. The highest BCUT2D eigenvalue weighted by Crippen LogP contribution is 2.50. The van der Waals surface area contributed by atoms with Gasteiger partial charge < -0.3 is 14.4 Å². The molecule has 10 atom stereocenters. The molecule has 3 heteroatoms. The van der Waals surface area contributed by atoms with Crippen LogP contribution in [0.5, 0.6) is 0 Å². The average Bonchev–Trinajstić information content (AvgIpc) is 3.94. The smallest absolute Gasteiger partial charge is 0.124 e. The van der Waals surface area contributed by atoms with Crippen LogP contribution in [0.15, 0.2) is 210 Å². The van der Waals surface area contributed by atoms with Gasteiger partial charge >= 0.3 is 0 Å². The molecule has 2 heterocycles. The molecule has 0 amide bonds. The van der Waals surface area contributed by atoms with E-state index in [1.807, 2.05) is 0 Å². The Bertz CT molecular complexity index is 2490. The summed E-state index contributed by atoms with van der Waals surface area (Å²) in [6.45, 7) is 0. The van der Waals surface area contributed by atoms with Crippen LogP contribution in [0.4, 0.5) is 5.69 Å². The zero-order valence-corrected chi connectivity index (χ0v) is 36.5. The Balaban J connectivity index is 0.735. The fourth-order valence-electron chi connectivity index (χ4n) is 13.0. The van der Waals surface area contributed by atoms with Crippen molar-refractivity contribution in [2.24, 2.45) is 41.4 Å². The van der Waals surface area contributed by atoms with Gasteiger partial charge in [0.05, 0.1) is 12.2 Å². The van der Waals surface area contributed by atoms with Crippen molar-refractivity contribution in [1.82, 2.24) is 0 Å². The third kappa shape index (κ3) is 7.45. The van der Waals surface area contributed by atoms with Gasteiger partial charge in [-0.25, -0.2) is 0 Å². The first-order valence-electron chi connectivity index (χ1n) is 24.4. The van der Waals surface area contributed by atoms with Crippen molar-refractivity contribution in [1.29, 1.82) is 0 Å². The summed E-state index contributed by atoms with van der Waals surface area (Å²) in [5.41, 5.74) is 11.4. The van der Waals surface area contributed by atoms with E-state index in [-0.39, 0.29) is 18.3 Å². The molecule has 2 saturated heterocycles. The molecular formula is C60H61NO2. The van der Waals surface area contributed by atoms with Gasteiger partial charge in [0.1, 0.15) is 11.9 Å². The molecule has 3 nitrogen and oxygen atoms in total. The minimum Gasteiger partial charge on any atom is -0.489 e. The van der Waals surface area contributed by atoms with Crippen LogP contribution in [0.25, 0.3) is 0 Å². The third-order valence-corrected chi connectivity index (χ3v) is 16.4. The predicted molar refractivity (Wildman–Crippen MR) is 257 cm³/mol. The van der Waals surface area contributed by atoms with Gasteiger partial charge in [-0.3, -0.25) is 0 Å². The fraction of sp³-hybridized carbons (Fsp3) is 0.367. The second-order valence-corrected chi connectivity index (χ2v) is 19.8. The SMILES string of the molecule is C1=CC2OC3=C(C4C=CC(C5C=CC(N(C6=CCC(c7ccccc7)CC6)c6ccc(C7CCC(C8=CC=CC9C8OC8C=CC=CC89)CC7)cc6)=CC5)=CC4)C=CCC3C2C=C1. The average molecular weight is 828 g/mol. The van der Waals surface area contributed by atoms with Crippen LogP contribution in [0.3, 0.4) is 0 Å². The van der Waals surface area contributed by atoms with Gasteiger partial charge in [-0.1, -0.05) is 152 Å². The number of hydrogen-bond acceptors (Lipinski definition) is 3. The monoisotopic (exact) mass is 827 g/mol. The molecule has 1 saturated carbocycles. The van der Waals surface area contributed by atoms with Gasteiger partial charge in [-0.05, 0) is 134 Å². The summed E-state index contributed by atoms with van der Waals surface area (Å²) >= 11 is 0. The van der Waals surface area contributed by atoms with Crippen LogP contribution in [-0.4, -0.2) is 18.3 Å². The maximum absolute atomic E-state index is 6.70. The van der Waals surface area contributed by atoms with Crippen molar-refractivity contribution >= 4 is 5.69 Å². The number of fused-ring (bicyclic) bond motifs is 6. The van der Waals surface area contributed by atoms with Gasteiger partial charge in [-0.2, -0.15) is 0 Å². The summed E-state index contributed by atoms with van der Waals surface area (Å²) in [4.78, 5) is 2.59. The first kappa shape index (κ1) is 39.2. The van der Waals surface area contributed by atoms with Crippen molar-refractivity contribution in [3.05, 3.63) is 221 Å². The summed E-state index contributed by atoms with van der Waals surface area (Å²) in [6, 6.07) is 20.9. The molecule has 10 aliphatic rings. The third-order valence-electron chi connectivity index (χ3n) is 16.4. The van der Waals surface area contributed by atoms with Crippen LogP contribution in [0, 0.1) is 41.4 Å². The largest absolute Gasteiger partial charge is 0.489 e. The summed E-state index contributed by atoms with van der Waals surface area (Å²) in [5.74, 6) is 5.71. The maximum Gasteiger partial charge on any atom is 0.124 e. The minimum atomic E-state index is 0.189. The number of anilines is 1. The van der Waals surface area contributed by atoms with Gasteiger partial charge in [0.2, 0.25) is 0 Å². The first-order valence-corrected chi connectivity index (χ1v) is 24.4. The van der Waals surface area contributed by atoms with E-state index in [9.17, 15) is 0 Å². The molecule has 8 aliphatic carbocycles. The van der Waals surface area contributed by atoms with Crippen LogP contribution >= 0.6 is 0 Å². The zero-order chi connectivity index (χ0) is 41.7. The molecule has 0 aromatic heterocycles. The summed E-state index contributed by atoms with van der Waals surface area (Å²) < 4.78 is 13.3. The Morgan fingerprint density at radius 3 is 2.06 bits per heavy atom. The predicted octanol–water partition coefficient (Wildman–Crippen LogP) is 14.2. The van der Waals surface area contributed by atoms with E-state index in [1.54, 1.807) is 5.57 Å². The highest BCUT2D eigenvalue weighted by Gasteiger charge is 2.46. The lowest BCUT2D eigenvalue weighted by Crippen LogP contribution is -2.28. The van der Waals surface area contributed by atoms with E-state index < -0.39 is 0 Å². The normalized spacial score (nSPS) is 35.8.